The van der Waals surface area contributed by atoms with E-state index in [4.69, 9.17) is 23.2 Å². The minimum atomic E-state index is -0.520. The molecule has 0 spiro atoms. The van der Waals surface area contributed by atoms with Gasteiger partial charge >= 0.3 is 5.69 Å². The molecule has 0 amide bonds. The summed E-state index contributed by atoms with van der Waals surface area (Å²) in [5.41, 5.74) is 1.74. The highest BCUT2D eigenvalue weighted by Crippen LogP contribution is 2.22. The van der Waals surface area contributed by atoms with Gasteiger partial charge in [-0.2, -0.15) is 0 Å². The van der Waals surface area contributed by atoms with Gasteiger partial charge in [0.1, 0.15) is 0 Å². The Kier molecular flexibility index (Phi) is 9.37. The van der Waals surface area contributed by atoms with Crippen molar-refractivity contribution in [3.8, 4) is 0 Å². The number of halogens is 2. The third-order valence-electron chi connectivity index (χ3n) is 6.41. The average molecular weight is 550 g/mol. The summed E-state index contributed by atoms with van der Waals surface area (Å²) in [5, 5.41) is 14.5. The highest BCUT2D eigenvalue weighted by Gasteiger charge is 2.23. The molecule has 8 heteroatoms. The lowest BCUT2D eigenvalue weighted by Crippen LogP contribution is -2.44. The van der Waals surface area contributed by atoms with Crippen LogP contribution in [0.5, 0.6) is 0 Å². The van der Waals surface area contributed by atoms with Crippen LogP contribution in [-0.2, 0) is 13.1 Å². The second-order valence-electron chi connectivity index (χ2n) is 8.96. The number of nitrogens with zero attached hydrogens (tertiary/aromatic N) is 2. The molecule has 196 valence electrons. The fraction of sp³-hybridized carbons (Fsp3) is 0.200. The van der Waals surface area contributed by atoms with Crippen molar-refractivity contribution in [3.63, 3.8) is 0 Å². The number of aromatic nitrogens is 2. The molecule has 2 atom stereocenters. The summed E-state index contributed by atoms with van der Waals surface area (Å²) >= 11 is 12.8. The molecule has 0 aliphatic carbocycles. The monoisotopic (exact) mass is 549 g/mol. The van der Waals surface area contributed by atoms with Gasteiger partial charge in [0.15, 0.2) is 0 Å². The second-order valence-corrected chi connectivity index (χ2v) is 9.77. The Morgan fingerprint density at radius 2 is 1.42 bits per heavy atom. The first-order valence-corrected chi connectivity index (χ1v) is 13.0. The molecule has 4 aromatic rings. The molecule has 1 aromatic heterocycles. The van der Waals surface area contributed by atoms with Crippen LogP contribution in [-0.4, -0.2) is 20.8 Å². The molecular weight excluding hydrogens is 521 g/mol. The third-order valence-corrected chi connectivity index (χ3v) is 7.15. The van der Waals surface area contributed by atoms with Gasteiger partial charge in [0.25, 0.3) is 5.56 Å². The first-order valence-electron chi connectivity index (χ1n) is 12.3. The summed E-state index contributed by atoms with van der Waals surface area (Å²) in [6.45, 7) is 3.88. The Morgan fingerprint density at radius 1 is 0.842 bits per heavy atom. The summed E-state index contributed by atoms with van der Waals surface area (Å²) in [4.78, 5) is 27.5. The van der Waals surface area contributed by atoms with Crippen LogP contribution in [0.2, 0.25) is 10.0 Å². The number of hydrogen-bond acceptors (Lipinski definition) is 4. The van der Waals surface area contributed by atoms with E-state index in [1.54, 1.807) is 36.5 Å². The minimum Gasteiger partial charge on any atom is -0.394 e. The highest BCUT2D eigenvalue weighted by atomic mass is 35.5. The Balaban J connectivity index is 1.84. The molecule has 1 heterocycles. The standard InChI is InChI=1S/C30H29Cl2N3O3/c1-2-10-27(33-28(20-36)21-11-4-3-5-12-21)24-19-34(17-22-13-6-8-15-25(22)31)30(38)35(29(24)37)18-23-14-7-9-16-26(23)32/h2-9,11-16,19,27-28,33,36H,1,10,17-18,20H2/t27?,28-/m0/s1. The summed E-state index contributed by atoms with van der Waals surface area (Å²) < 4.78 is 2.69. The predicted octanol–water partition coefficient (Wildman–Crippen LogP) is 5.35. The normalized spacial score (nSPS) is 12.7. The molecule has 3 aromatic carbocycles. The van der Waals surface area contributed by atoms with Gasteiger partial charge in [0, 0.05) is 22.3 Å². The highest BCUT2D eigenvalue weighted by molar-refractivity contribution is 6.31. The average Bonchev–Trinajstić information content (AvgIpc) is 2.93. The summed E-state index contributed by atoms with van der Waals surface area (Å²) in [6, 6.07) is 22.9. The van der Waals surface area contributed by atoms with Crippen molar-refractivity contribution in [1.29, 1.82) is 0 Å². The topological polar surface area (TPSA) is 76.3 Å². The Labute approximate surface area is 231 Å². The van der Waals surface area contributed by atoms with Crippen molar-refractivity contribution in [2.75, 3.05) is 6.61 Å². The van der Waals surface area contributed by atoms with Crippen LogP contribution < -0.4 is 16.6 Å². The first kappa shape index (κ1) is 27.6. The number of hydrogen-bond donors (Lipinski definition) is 2. The molecule has 1 unspecified atom stereocenters. The maximum atomic E-state index is 13.8. The van der Waals surface area contributed by atoms with Gasteiger partial charge in [-0.15, -0.1) is 6.58 Å². The van der Waals surface area contributed by atoms with E-state index in [9.17, 15) is 14.7 Å². The van der Waals surface area contributed by atoms with Gasteiger partial charge in [-0.1, -0.05) is 96.0 Å². The fourth-order valence-electron chi connectivity index (χ4n) is 4.41. The zero-order valence-electron chi connectivity index (χ0n) is 20.8. The quantitative estimate of drug-likeness (QED) is 0.247. The Bertz CT molecular complexity index is 1520. The van der Waals surface area contributed by atoms with Gasteiger partial charge in [0.05, 0.1) is 31.3 Å². The van der Waals surface area contributed by atoms with Crippen LogP contribution in [0.1, 0.15) is 40.8 Å². The molecular formula is C30H29Cl2N3O3. The zero-order chi connectivity index (χ0) is 27.1. The largest absolute Gasteiger partial charge is 0.394 e. The maximum Gasteiger partial charge on any atom is 0.331 e. The molecule has 0 bridgehead atoms. The summed E-state index contributed by atoms with van der Waals surface area (Å²) in [7, 11) is 0. The summed E-state index contributed by atoms with van der Waals surface area (Å²) in [5.74, 6) is 0. The van der Waals surface area contributed by atoms with Gasteiger partial charge < -0.3 is 10.4 Å². The van der Waals surface area contributed by atoms with Crippen molar-refractivity contribution in [2.24, 2.45) is 0 Å². The van der Waals surface area contributed by atoms with Crippen LogP contribution >= 0.6 is 23.2 Å². The van der Waals surface area contributed by atoms with Crippen LogP contribution in [0, 0.1) is 0 Å². The molecule has 0 saturated heterocycles. The van der Waals surface area contributed by atoms with Crippen molar-refractivity contribution >= 4 is 23.2 Å². The van der Waals surface area contributed by atoms with E-state index < -0.39 is 23.3 Å². The van der Waals surface area contributed by atoms with Crippen molar-refractivity contribution in [2.45, 2.75) is 31.6 Å². The molecule has 0 aliphatic rings. The maximum absolute atomic E-state index is 13.8. The van der Waals surface area contributed by atoms with E-state index in [1.807, 2.05) is 54.6 Å². The van der Waals surface area contributed by atoms with Crippen molar-refractivity contribution in [1.82, 2.24) is 14.5 Å². The SMILES string of the molecule is C=CCC(N[C@@H](CO)c1ccccc1)c1cn(Cc2ccccc2Cl)c(=O)n(Cc2ccccc2Cl)c1=O. The number of nitrogens with one attached hydrogen (secondary N) is 1. The number of benzene rings is 3. The number of rotatable bonds is 11. The van der Waals surface area contributed by atoms with E-state index in [-0.39, 0.29) is 19.7 Å². The van der Waals surface area contributed by atoms with Gasteiger partial charge in [-0.25, -0.2) is 4.79 Å². The zero-order valence-corrected chi connectivity index (χ0v) is 22.3. The Morgan fingerprint density at radius 3 is 2.00 bits per heavy atom. The van der Waals surface area contributed by atoms with Gasteiger partial charge in [-0.05, 0) is 35.2 Å². The lowest BCUT2D eigenvalue weighted by Gasteiger charge is -2.25. The lowest BCUT2D eigenvalue weighted by atomic mass is 10.0. The van der Waals surface area contributed by atoms with Crippen LogP contribution in [0.4, 0.5) is 0 Å². The van der Waals surface area contributed by atoms with Crippen molar-refractivity contribution < 1.29 is 5.11 Å². The number of aliphatic hydroxyl groups excluding tert-OH is 1. The molecule has 2 N–H and O–H groups in total. The minimum absolute atomic E-state index is 0.0105. The molecule has 0 radical (unpaired) electrons. The Hall–Kier alpha value is -3.42. The van der Waals surface area contributed by atoms with E-state index in [2.05, 4.69) is 11.9 Å². The van der Waals surface area contributed by atoms with E-state index in [0.717, 1.165) is 11.1 Å². The predicted molar refractivity (Wildman–Crippen MR) is 153 cm³/mol. The number of aliphatic hydroxyl groups is 1. The molecule has 38 heavy (non-hydrogen) atoms. The molecule has 6 nitrogen and oxygen atoms in total. The first-order chi connectivity index (χ1) is 18.4. The lowest BCUT2D eigenvalue weighted by molar-refractivity contribution is 0.232. The van der Waals surface area contributed by atoms with E-state index in [1.165, 1.54) is 9.13 Å². The molecule has 0 fully saturated rings. The molecule has 0 aliphatic heterocycles. The van der Waals surface area contributed by atoms with Crippen LogP contribution in [0.25, 0.3) is 0 Å². The third kappa shape index (κ3) is 6.34. The van der Waals surface area contributed by atoms with Crippen LogP contribution in [0.3, 0.4) is 0 Å². The fourth-order valence-corrected chi connectivity index (χ4v) is 4.80. The van der Waals surface area contributed by atoms with Crippen molar-refractivity contribution in [3.05, 3.63) is 151 Å². The van der Waals surface area contributed by atoms with E-state index in [0.29, 0.717) is 27.6 Å². The van der Waals surface area contributed by atoms with Crippen LogP contribution in [0.15, 0.2) is 107 Å². The molecule has 4 rings (SSSR count). The van der Waals surface area contributed by atoms with Gasteiger partial charge in [-0.3, -0.25) is 13.9 Å². The summed E-state index contributed by atoms with van der Waals surface area (Å²) in [6.07, 6.45) is 3.69. The van der Waals surface area contributed by atoms with Gasteiger partial charge in [0.2, 0.25) is 0 Å². The van der Waals surface area contributed by atoms with E-state index >= 15 is 0 Å². The smallest absolute Gasteiger partial charge is 0.331 e. The second kappa shape index (κ2) is 12.9. The molecule has 0 saturated carbocycles.